The maximum Gasteiger partial charge on any atom is 0.273 e. The molecule has 1 aliphatic rings. The molecule has 0 aromatic carbocycles. The van der Waals surface area contributed by atoms with Crippen LogP contribution in [-0.2, 0) is 11.3 Å². The number of rotatable bonds is 6. The van der Waals surface area contributed by atoms with E-state index in [-0.39, 0.29) is 5.91 Å². The molecular weight excluding hydrogens is 324 g/mol. The fourth-order valence-corrected chi connectivity index (χ4v) is 3.55. The van der Waals surface area contributed by atoms with Gasteiger partial charge in [-0.1, -0.05) is 33.9 Å². The molecule has 1 aliphatic carbocycles. The molecule has 1 saturated carbocycles. The van der Waals surface area contributed by atoms with E-state index in [1.807, 2.05) is 0 Å². The topological polar surface area (TPSA) is 64.4 Å². The van der Waals surface area contributed by atoms with Crippen molar-refractivity contribution in [1.29, 1.82) is 0 Å². The number of hydrogen-bond donors (Lipinski definition) is 1. The lowest BCUT2D eigenvalue weighted by atomic mass is 9.80. The number of halogens is 1. The maximum atomic E-state index is 12.0. The molecule has 1 N–H and O–H groups in total. The number of carbonyl (C=O) groups is 1. The van der Waals surface area contributed by atoms with E-state index >= 15 is 0 Å². The van der Waals surface area contributed by atoms with E-state index in [9.17, 15) is 4.79 Å². The fraction of sp³-hybridized carbons (Fsp3) is 0.714. The van der Waals surface area contributed by atoms with Crippen molar-refractivity contribution in [2.24, 2.45) is 11.8 Å². The Labute approximate surface area is 127 Å². The monoisotopic (exact) mass is 344 g/mol. The molecule has 0 radical (unpaired) electrons. The van der Waals surface area contributed by atoms with Crippen molar-refractivity contribution in [2.45, 2.75) is 32.3 Å². The molecule has 1 fully saturated rings. The molecule has 6 heteroatoms. The zero-order chi connectivity index (χ0) is 14.4. The lowest BCUT2D eigenvalue weighted by Gasteiger charge is -2.30. The van der Waals surface area contributed by atoms with Gasteiger partial charge in [0.05, 0.1) is 0 Å². The second-order valence-corrected chi connectivity index (χ2v) is 5.93. The van der Waals surface area contributed by atoms with Crippen molar-refractivity contribution in [2.75, 3.05) is 19.0 Å². The average molecular weight is 345 g/mol. The van der Waals surface area contributed by atoms with Crippen molar-refractivity contribution in [1.82, 2.24) is 10.5 Å². The summed E-state index contributed by atoms with van der Waals surface area (Å²) >= 11 is 3.57. The van der Waals surface area contributed by atoms with Crippen molar-refractivity contribution in [3.8, 4) is 0 Å². The molecular formula is C14H21BrN2O3. The molecule has 2 unspecified atom stereocenters. The van der Waals surface area contributed by atoms with Crippen molar-refractivity contribution in [3.05, 3.63) is 17.5 Å². The number of ether oxygens (including phenoxy) is 1. The third-order valence-electron chi connectivity index (χ3n) is 3.87. The zero-order valence-electron chi connectivity index (χ0n) is 11.7. The zero-order valence-corrected chi connectivity index (χ0v) is 13.3. The van der Waals surface area contributed by atoms with Crippen LogP contribution in [0.25, 0.3) is 0 Å². The molecule has 2 atom stereocenters. The summed E-state index contributed by atoms with van der Waals surface area (Å²) in [5.41, 5.74) is 0.322. The number of methoxy groups -OCH3 is 1. The summed E-state index contributed by atoms with van der Waals surface area (Å²) in [5.74, 6) is 1.60. The van der Waals surface area contributed by atoms with Gasteiger partial charge in [-0.2, -0.15) is 0 Å². The van der Waals surface area contributed by atoms with Crippen molar-refractivity contribution in [3.63, 3.8) is 0 Å². The van der Waals surface area contributed by atoms with E-state index in [0.717, 1.165) is 5.33 Å². The van der Waals surface area contributed by atoms with Gasteiger partial charge in [-0.25, -0.2) is 0 Å². The Hall–Kier alpha value is -0.880. The first-order valence-electron chi connectivity index (χ1n) is 7.03. The summed E-state index contributed by atoms with van der Waals surface area (Å²) in [6.07, 6.45) is 4.98. The van der Waals surface area contributed by atoms with E-state index in [1.54, 1.807) is 13.2 Å². The average Bonchev–Trinajstić information content (AvgIpc) is 2.94. The first kappa shape index (κ1) is 15.5. The van der Waals surface area contributed by atoms with Crippen LogP contribution in [0.1, 0.15) is 41.9 Å². The third-order valence-corrected chi connectivity index (χ3v) is 4.70. The highest BCUT2D eigenvalue weighted by Crippen LogP contribution is 2.30. The van der Waals surface area contributed by atoms with Gasteiger partial charge in [0.1, 0.15) is 6.61 Å². The number of hydrogen-bond acceptors (Lipinski definition) is 4. The van der Waals surface area contributed by atoms with Crippen molar-refractivity contribution < 1.29 is 14.1 Å². The summed E-state index contributed by atoms with van der Waals surface area (Å²) in [6.45, 7) is 1.04. The predicted molar refractivity (Wildman–Crippen MR) is 78.8 cm³/mol. The van der Waals surface area contributed by atoms with Crippen molar-refractivity contribution >= 4 is 21.8 Å². The number of nitrogens with one attached hydrogen (secondary N) is 1. The molecule has 1 amide bonds. The van der Waals surface area contributed by atoms with Crippen LogP contribution in [0.4, 0.5) is 0 Å². The van der Waals surface area contributed by atoms with Crippen LogP contribution in [0.15, 0.2) is 10.6 Å². The first-order valence-corrected chi connectivity index (χ1v) is 8.15. The molecule has 0 bridgehead atoms. The minimum Gasteiger partial charge on any atom is -0.377 e. The summed E-state index contributed by atoms with van der Waals surface area (Å²) in [5, 5.41) is 7.74. The fourth-order valence-electron chi connectivity index (χ4n) is 2.70. The highest BCUT2D eigenvalue weighted by atomic mass is 79.9. The lowest BCUT2D eigenvalue weighted by Crippen LogP contribution is -2.35. The van der Waals surface area contributed by atoms with Gasteiger partial charge in [0, 0.05) is 25.1 Å². The van der Waals surface area contributed by atoms with Gasteiger partial charge in [0.15, 0.2) is 11.5 Å². The molecule has 2 rings (SSSR count). The summed E-state index contributed by atoms with van der Waals surface area (Å²) in [4.78, 5) is 12.0. The molecule has 0 spiro atoms. The molecule has 20 heavy (non-hydrogen) atoms. The van der Waals surface area contributed by atoms with Crippen LogP contribution < -0.4 is 5.32 Å². The lowest BCUT2D eigenvalue weighted by molar-refractivity contribution is 0.0927. The normalized spacial score (nSPS) is 22.7. The first-order chi connectivity index (χ1) is 9.74. The minimum atomic E-state index is -0.171. The quantitative estimate of drug-likeness (QED) is 0.806. The largest absolute Gasteiger partial charge is 0.377 e. The molecule has 112 valence electrons. The SMILES string of the molecule is COCc1cc(C(=O)NCC2CCCCC2CBr)no1. The number of carbonyl (C=O) groups excluding carboxylic acids is 1. The Bertz CT molecular complexity index is 436. The van der Waals surface area contributed by atoms with Crippen LogP contribution in [0, 0.1) is 11.8 Å². The summed E-state index contributed by atoms with van der Waals surface area (Å²) in [6, 6.07) is 1.63. The Morgan fingerprint density at radius 3 is 2.95 bits per heavy atom. The van der Waals surface area contributed by atoms with E-state index in [1.165, 1.54) is 25.7 Å². The third kappa shape index (κ3) is 4.06. The molecule has 5 nitrogen and oxygen atoms in total. The van der Waals surface area contributed by atoms with E-state index in [2.05, 4.69) is 26.4 Å². The standard InChI is InChI=1S/C14H21BrN2O3/c1-19-9-12-6-13(17-20-12)14(18)16-8-11-5-3-2-4-10(11)7-15/h6,10-11H,2-5,7-9H2,1H3,(H,16,18). The molecule has 1 aromatic rings. The highest BCUT2D eigenvalue weighted by molar-refractivity contribution is 9.09. The van der Waals surface area contributed by atoms with Crippen LogP contribution in [0.5, 0.6) is 0 Å². The Morgan fingerprint density at radius 2 is 2.25 bits per heavy atom. The molecule has 0 aliphatic heterocycles. The Morgan fingerprint density at radius 1 is 1.50 bits per heavy atom. The minimum absolute atomic E-state index is 0.171. The van der Waals surface area contributed by atoms with Gasteiger partial charge in [0.2, 0.25) is 0 Å². The smallest absolute Gasteiger partial charge is 0.273 e. The molecule has 0 saturated heterocycles. The van der Waals surface area contributed by atoms with Gasteiger partial charge < -0.3 is 14.6 Å². The van der Waals surface area contributed by atoms with Crippen LogP contribution in [0.2, 0.25) is 0 Å². The molecule has 1 heterocycles. The predicted octanol–water partition coefficient (Wildman–Crippen LogP) is 2.75. The number of amides is 1. The van der Waals surface area contributed by atoms with Gasteiger partial charge in [-0.15, -0.1) is 0 Å². The van der Waals surface area contributed by atoms with Gasteiger partial charge in [-0.05, 0) is 24.7 Å². The Balaban J connectivity index is 1.84. The second-order valence-electron chi connectivity index (χ2n) is 5.28. The Kier molecular flexibility index (Phi) is 6.04. The van der Waals surface area contributed by atoms with Crippen LogP contribution in [-0.4, -0.2) is 30.0 Å². The maximum absolute atomic E-state index is 12.0. The number of nitrogens with zero attached hydrogens (tertiary/aromatic N) is 1. The van der Waals surface area contributed by atoms with Crippen LogP contribution in [0.3, 0.4) is 0 Å². The summed E-state index contributed by atoms with van der Waals surface area (Å²) < 4.78 is 9.95. The van der Waals surface area contributed by atoms with Gasteiger partial charge in [-0.3, -0.25) is 4.79 Å². The van der Waals surface area contributed by atoms with E-state index in [4.69, 9.17) is 9.26 Å². The van der Waals surface area contributed by atoms with E-state index < -0.39 is 0 Å². The molecule has 1 aromatic heterocycles. The van der Waals surface area contributed by atoms with Gasteiger partial charge >= 0.3 is 0 Å². The van der Waals surface area contributed by atoms with Gasteiger partial charge in [0.25, 0.3) is 5.91 Å². The number of aromatic nitrogens is 1. The highest BCUT2D eigenvalue weighted by Gasteiger charge is 2.25. The summed E-state index contributed by atoms with van der Waals surface area (Å²) in [7, 11) is 1.58. The number of alkyl halides is 1. The second kappa shape index (κ2) is 7.78. The van der Waals surface area contributed by atoms with E-state index in [0.29, 0.717) is 36.4 Å². The van der Waals surface area contributed by atoms with Crippen LogP contribution >= 0.6 is 15.9 Å².